The van der Waals surface area contributed by atoms with E-state index in [0.29, 0.717) is 17.1 Å². The van der Waals surface area contributed by atoms with Gasteiger partial charge in [-0.2, -0.15) is 4.98 Å². The van der Waals surface area contributed by atoms with Crippen LogP contribution in [0.3, 0.4) is 0 Å². The van der Waals surface area contributed by atoms with Gasteiger partial charge in [0.25, 0.3) is 0 Å². The van der Waals surface area contributed by atoms with Crippen molar-refractivity contribution in [2.75, 3.05) is 24.9 Å². The largest absolute Gasteiger partial charge is 0.497 e. The van der Waals surface area contributed by atoms with Crippen LogP contribution in [0.2, 0.25) is 0 Å². The third-order valence-corrected chi connectivity index (χ3v) is 4.23. The lowest BCUT2D eigenvalue weighted by atomic mass is 10.2. The minimum atomic E-state index is -0.581. The lowest BCUT2D eigenvalue weighted by Crippen LogP contribution is -2.07. The first-order valence-corrected chi connectivity index (χ1v) is 8.86. The minimum absolute atomic E-state index is 0.0265. The van der Waals surface area contributed by atoms with E-state index in [2.05, 4.69) is 20.6 Å². The second-order valence-corrected chi connectivity index (χ2v) is 6.21. The third kappa shape index (κ3) is 4.75. The number of nitrogens with one attached hydrogen (secondary N) is 2. The van der Waals surface area contributed by atoms with Gasteiger partial charge in [-0.1, -0.05) is 0 Å². The molecule has 12 nitrogen and oxygen atoms in total. The van der Waals surface area contributed by atoms with E-state index in [1.165, 1.54) is 33.3 Å². The molecule has 0 aliphatic carbocycles. The highest BCUT2D eigenvalue weighted by atomic mass is 16.6. The van der Waals surface area contributed by atoms with Crippen molar-refractivity contribution in [1.82, 2.24) is 9.97 Å². The van der Waals surface area contributed by atoms with Crippen LogP contribution in [0.25, 0.3) is 0 Å². The van der Waals surface area contributed by atoms with Crippen molar-refractivity contribution in [1.29, 1.82) is 0 Å². The summed E-state index contributed by atoms with van der Waals surface area (Å²) in [5.74, 6) is 0.715. The van der Waals surface area contributed by atoms with Crippen LogP contribution in [0.15, 0.2) is 42.5 Å². The molecule has 0 fully saturated rings. The lowest BCUT2D eigenvalue weighted by molar-refractivity contribution is -0.385. The first-order valence-electron chi connectivity index (χ1n) is 8.86. The molecule has 0 radical (unpaired) electrons. The number of benzene rings is 2. The Morgan fingerprint density at radius 3 is 2.13 bits per heavy atom. The Bertz CT molecular complexity index is 1140. The van der Waals surface area contributed by atoms with Gasteiger partial charge in [-0.05, 0) is 43.3 Å². The van der Waals surface area contributed by atoms with Crippen LogP contribution >= 0.6 is 0 Å². The van der Waals surface area contributed by atoms with Gasteiger partial charge in [0, 0.05) is 17.4 Å². The number of aryl methyl sites for hydroxylation is 1. The molecule has 0 spiro atoms. The zero-order chi connectivity index (χ0) is 22.5. The van der Waals surface area contributed by atoms with Crippen LogP contribution in [0.4, 0.5) is 34.5 Å². The van der Waals surface area contributed by atoms with E-state index in [9.17, 15) is 20.2 Å². The molecule has 0 bridgehead atoms. The number of ether oxygens (including phenoxy) is 2. The number of nitro groups is 2. The van der Waals surface area contributed by atoms with Crippen LogP contribution in [-0.4, -0.2) is 34.0 Å². The number of nitro benzene ring substituents is 1. The van der Waals surface area contributed by atoms with Crippen LogP contribution < -0.4 is 20.1 Å². The first kappa shape index (κ1) is 21.2. The van der Waals surface area contributed by atoms with Gasteiger partial charge >= 0.3 is 11.4 Å². The van der Waals surface area contributed by atoms with E-state index in [0.717, 1.165) is 0 Å². The SMILES string of the molecule is COc1ccc(Nc2nc(Nc3ccc(OC)c([N+](=O)[O-])c3)nc(C)c2[N+](=O)[O-])cc1. The van der Waals surface area contributed by atoms with Gasteiger partial charge in [0.1, 0.15) is 11.4 Å². The highest BCUT2D eigenvalue weighted by Gasteiger charge is 2.23. The second-order valence-electron chi connectivity index (χ2n) is 6.21. The molecule has 0 aliphatic heterocycles. The highest BCUT2D eigenvalue weighted by molar-refractivity contribution is 5.70. The van der Waals surface area contributed by atoms with Gasteiger partial charge in [-0.25, -0.2) is 4.98 Å². The summed E-state index contributed by atoms with van der Waals surface area (Å²) in [6, 6.07) is 11.0. The van der Waals surface area contributed by atoms with Gasteiger partial charge in [-0.15, -0.1) is 0 Å². The van der Waals surface area contributed by atoms with E-state index >= 15 is 0 Å². The smallest absolute Gasteiger partial charge is 0.332 e. The zero-order valence-electron chi connectivity index (χ0n) is 16.8. The summed E-state index contributed by atoms with van der Waals surface area (Å²) in [6.07, 6.45) is 0. The van der Waals surface area contributed by atoms with Gasteiger partial charge < -0.3 is 20.1 Å². The van der Waals surface area contributed by atoms with Gasteiger partial charge in [0.05, 0.1) is 24.1 Å². The molecule has 0 unspecified atom stereocenters. The predicted octanol–water partition coefficient (Wildman–Crippen LogP) is 4.11. The standard InChI is InChI=1S/C19H18N6O6/c1-11-17(25(28)29)18(21-12-4-7-14(30-2)8-5-12)23-19(20-11)22-13-6-9-16(31-3)15(10-13)24(26)27/h4-10H,1-3H3,(H2,20,21,22,23). The monoisotopic (exact) mass is 426 g/mol. The fraction of sp³-hybridized carbons (Fsp3) is 0.158. The molecular formula is C19H18N6O6. The van der Waals surface area contributed by atoms with Crippen LogP contribution in [-0.2, 0) is 0 Å². The van der Waals surface area contributed by atoms with E-state index in [1.54, 1.807) is 30.3 Å². The summed E-state index contributed by atoms with van der Waals surface area (Å²) in [5, 5.41) is 28.5. The van der Waals surface area contributed by atoms with Crippen molar-refractivity contribution in [2.45, 2.75) is 6.92 Å². The first-order chi connectivity index (χ1) is 14.8. The summed E-state index contributed by atoms with van der Waals surface area (Å²) in [4.78, 5) is 29.9. The van der Waals surface area contributed by atoms with Gasteiger partial charge in [-0.3, -0.25) is 20.2 Å². The molecule has 0 amide bonds. The summed E-state index contributed by atoms with van der Waals surface area (Å²) < 4.78 is 10.1. The molecule has 0 atom stereocenters. The van der Waals surface area contributed by atoms with E-state index in [-0.39, 0.29) is 34.6 Å². The van der Waals surface area contributed by atoms with E-state index in [4.69, 9.17) is 9.47 Å². The summed E-state index contributed by atoms with van der Waals surface area (Å²) in [6.45, 7) is 1.47. The number of rotatable bonds is 8. The minimum Gasteiger partial charge on any atom is -0.497 e. The Morgan fingerprint density at radius 1 is 0.871 bits per heavy atom. The van der Waals surface area contributed by atoms with Crippen LogP contribution in [0.5, 0.6) is 11.5 Å². The van der Waals surface area contributed by atoms with Crippen molar-refractivity contribution in [2.24, 2.45) is 0 Å². The quantitative estimate of drug-likeness (QED) is 0.397. The van der Waals surface area contributed by atoms with Crippen molar-refractivity contribution in [3.05, 3.63) is 68.4 Å². The molecule has 0 saturated heterocycles. The second kappa shape index (κ2) is 8.90. The molecule has 2 N–H and O–H groups in total. The summed E-state index contributed by atoms with van der Waals surface area (Å²) in [7, 11) is 2.86. The average molecular weight is 426 g/mol. The maximum absolute atomic E-state index is 11.5. The average Bonchev–Trinajstić information content (AvgIpc) is 2.73. The van der Waals surface area contributed by atoms with Crippen molar-refractivity contribution >= 4 is 34.5 Å². The fourth-order valence-electron chi connectivity index (χ4n) is 2.78. The van der Waals surface area contributed by atoms with Crippen LogP contribution in [0, 0.1) is 27.2 Å². The Morgan fingerprint density at radius 2 is 1.55 bits per heavy atom. The van der Waals surface area contributed by atoms with Crippen molar-refractivity contribution in [3.63, 3.8) is 0 Å². The molecule has 3 aromatic rings. The number of hydrogen-bond donors (Lipinski definition) is 2. The van der Waals surface area contributed by atoms with Crippen molar-refractivity contribution in [3.8, 4) is 11.5 Å². The summed E-state index contributed by atoms with van der Waals surface area (Å²) >= 11 is 0. The Labute approximate surface area is 176 Å². The van der Waals surface area contributed by atoms with Gasteiger partial charge in [0.2, 0.25) is 11.8 Å². The number of aromatic nitrogens is 2. The number of anilines is 4. The van der Waals surface area contributed by atoms with Gasteiger partial charge in [0.15, 0.2) is 5.75 Å². The molecule has 31 heavy (non-hydrogen) atoms. The summed E-state index contributed by atoms with van der Waals surface area (Å²) in [5.41, 5.74) is 0.440. The molecule has 1 aromatic heterocycles. The lowest BCUT2D eigenvalue weighted by Gasteiger charge is -2.12. The molecule has 160 valence electrons. The topological polar surface area (TPSA) is 155 Å². The molecule has 3 rings (SSSR count). The fourth-order valence-corrected chi connectivity index (χ4v) is 2.78. The van der Waals surface area contributed by atoms with E-state index in [1.807, 2.05) is 0 Å². The molecule has 0 aliphatic rings. The molecule has 12 heteroatoms. The Balaban J connectivity index is 1.97. The van der Waals surface area contributed by atoms with E-state index < -0.39 is 9.85 Å². The Hall–Kier alpha value is -4.48. The highest BCUT2D eigenvalue weighted by Crippen LogP contribution is 2.33. The maximum Gasteiger partial charge on any atom is 0.332 e. The third-order valence-electron chi connectivity index (χ3n) is 4.23. The Kier molecular flexibility index (Phi) is 6.10. The maximum atomic E-state index is 11.5. The molecule has 2 aromatic carbocycles. The zero-order valence-corrected chi connectivity index (χ0v) is 16.8. The molecule has 1 heterocycles. The predicted molar refractivity (Wildman–Crippen MR) is 113 cm³/mol. The number of hydrogen-bond acceptors (Lipinski definition) is 10. The number of methoxy groups -OCH3 is 2. The molecular weight excluding hydrogens is 408 g/mol. The molecule has 0 saturated carbocycles. The van der Waals surface area contributed by atoms with Crippen molar-refractivity contribution < 1.29 is 19.3 Å². The van der Waals surface area contributed by atoms with Crippen LogP contribution in [0.1, 0.15) is 5.69 Å². The number of nitrogens with zero attached hydrogens (tertiary/aromatic N) is 4. The normalized spacial score (nSPS) is 10.3.